The highest BCUT2D eigenvalue weighted by molar-refractivity contribution is 6.34. The van der Waals surface area contributed by atoms with Crippen molar-refractivity contribution in [1.82, 2.24) is 14.4 Å². The zero-order valence-corrected chi connectivity index (χ0v) is 53.7. The normalized spacial score (nSPS) is 16.2. The van der Waals surface area contributed by atoms with E-state index in [4.69, 9.17) is 8.83 Å². The van der Waals surface area contributed by atoms with Crippen LogP contribution in [0, 0.1) is 55.4 Å². The fraction of sp³-hybridized carbons (Fsp3) is 0.190. The minimum Gasteiger partial charge on any atom is -0.456 e. The Morgan fingerprint density at radius 1 is 0.385 bits per heavy atom. The number of rotatable bonds is 11. The third-order valence-corrected chi connectivity index (χ3v) is 19.6. The molecule has 91 heavy (non-hydrogen) atoms. The van der Waals surface area contributed by atoms with E-state index in [1.54, 1.807) is 0 Å². The molecule has 16 rings (SSSR count). The Morgan fingerprint density at radius 3 is 1.33 bits per heavy atom. The van der Waals surface area contributed by atoms with Crippen molar-refractivity contribution in [3.05, 3.63) is 274 Å². The second-order valence-electron chi connectivity index (χ2n) is 26.4. The third kappa shape index (κ3) is 9.51. The molecule has 14 aromatic rings. The van der Waals surface area contributed by atoms with Crippen molar-refractivity contribution in [1.29, 1.82) is 0 Å². The first kappa shape index (κ1) is 56.2. The van der Waals surface area contributed by atoms with Gasteiger partial charge in [0.2, 0.25) is 0 Å². The average Bonchev–Trinajstić information content (AvgIpc) is 1.53. The molecule has 3 atom stereocenters. The van der Waals surface area contributed by atoms with Crippen LogP contribution in [0.3, 0.4) is 0 Å². The summed E-state index contributed by atoms with van der Waals surface area (Å²) in [6, 6.07) is 79.1. The molecule has 0 spiro atoms. The number of aromatic nitrogens is 1. The van der Waals surface area contributed by atoms with E-state index in [0.717, 1.165) is 102 Å². The van der Waals surface area contributed by atoms with Gasteiger partial charge in [-0.15, -0.1) is 0 Å². The first-order valence-electron chi connectivity index (χ1n) is 32.3. The SMILES string of the molecule is Cc1cc(C)cc(N(c2cc(C)cc(C)c2)C2CC=C(c3cc4c(c5oc6ccccc6c35)c3c5c(oc6ccccc65)c(C5CCC(N(c6cc(C)cc(C)c6)c6cc(C)cc(C)c6)N5C)cc3n4-c3ccc(-c4ccc(-c5ccccc5)cc4)cc3)N2C)c1. The molecule has 1 saturated heterocycles. The smallest absolute Gasteiger partial charge is 0.146 e. The molecule has 0 saturated carbocycles. The standard InChI is InChI=1S/C84H75N5O2/c1-50-36-51(2)41-63(40-50)87(64-42-52(3)37-53(4)43-64)77-34-32-71(85(77)9)69-48-74-82(84-79(69)67-20-14-16-22-75(67)91-84)81-73(89(74)62-30-28-61(29-31-62)60-26-24-59(25-27-60)58-18-12-11-13-19-58)49-70(83-80(81)68-21-15-17-23-76(68)90-83)72-33-35-78(86(72)10)88(65-44-54(5)38-55(6)45-65)66-46-56(7)39-57(8)47-66/h11-32,36-49,72,77-78H,33-35H2,1-10H3. The van der Waals surface area contributed by atoms with Crippen molar-refractivity contribution in [2.75, 3.05) is 23.9 Å². The van der Waals surface area contributed by atoms with Gasteiger partial charge in [-0.05, 0) is 227 Å². The van der Waals surface area contributed by atoms with E-state index < -0.39 is 0 Å². The number of nitrogens with zero attached hydrogens (tertiary/aromatic N) is 5. The van der Waals surface area contributed by atoms with Gasteiger partial charge < -0.3 is 28.1 Å². The Balaban J connectivity index is 0.936. The zero-order chi connectivity index (χ0) is 62.1. The zero-order valence-electron chi connectivity index (χ0n) is 53.7. The summed E-state index contributed by atoms with van der Waals surface area (Å²) < 4.78 is 17.4. The number of furan rings is 2. The van der Waals surface area contributed by atoms with E-state index in [1.807, 2.05) is 0 Å². The fourth-order valence-electron chi connectivity index (χ4n) is 16.0. The Hall–Kier alpha value is -10.1. The highest BCUT2D eigenvalue weighted by Gasteiger charge is 2.40. The maximum absolute atomic E-state index is 7.47. The summed E-state index contributed by atoms with van der Waals surface area (Å²) in [4.78, 5) is 10.3. The van der Waals surface area contributed by atoms with Crippen LogP contribution < -0.4 is 9.80 Å². The minimum atomic E-state index is -0.0195. The molecule has 11 aromatic carbocycles. The molecule has 0 radical (unpaired) electrons. The number of hydrogen-bond donors (Lipinski definition) is 0. The number of anilines is 4. The lowest BCUT2D eigenvalue weighted by molar-refractivity contribution is 0.246. The van der Waals surface area contributed by atoms with E-state index >= 15 is 0 Å². The van der Waals surface area contributed by atoms with Crippen LogP contribution >= 0.6 is 0 Å². The van der Waals surface area contributed by atoms with Gasteiger partial charge in [0.25, 0.3) is 0 Å². The number of hydrogen-bond acceptors (Lipinski definition) is 6. The first-order chi connectivity index (χ1) is 44.2. The molecular weight excluding hydrogens is 1110 g/mol. The van der Waals surface area contributed by atoms with Gasteiger partial charge in [-0.3, -0.25) is 4.90 Å². The molecule has 0 amide bonds. The fourth-order valence-corrected chi connectivity index (χ4v) is 16.0. The van der Waals surface area contributed by atoms with Crippen LogP contribution in [0.15, 0.2) is 227 Å². The summed E-state index contributed by atoms with van der Waals surface area (Å²) in [5.74, 6) is 0. The van der Waals surface area contributed by atoms with E-state index in [1.165, 1.54) is 95.2 Å². The lowest BCUT2D eigenvalue weighted by Crippen LogP contribution is -2.41. The molecule has 3 aromatic heterocycles. The van der Waals surface area contributed by atoms with Crippen molar-refractivity contribution in [3.8, 4) is 27.9 Å². The third-order valence-electron chi connectivity index (χ3n) is 19.6. The molecule has 0 N–H and O–H groups in total. The van der Waals surface area contributed by atoms with E-state index in [0.29, 0.717) is 0 Å². The summed E-state index contributed by atoms with van der Waals surface area (Å²) in [5.41, 5.74) is 29.8. The van der Waals surface area contributed by atoms with Crippen LogP contribution in [-0.2, 0) is 0 Å². The average molecular weight is 1190 g/mol. The predicted octanol–water partition coefficient (Wildman–Crippen LogP) is 22.2. The highest BCUT2D eigenvalue weighted by Crippen LogP contribution is 2.53. The van der Waals surface area contributed by atoms with E-state index in [2.05, 4.69) is 312 Å². The second kappa shape index (κ2) is 21.9. The molecule has 0 bridgehead atoms. The Kier molecular flexibility index (Phi) is 13.5. The molecule has 7 heteroatoms. The monoisotopic (exact) mass is 1190 g/mol. The largest absolute Gasteiger partial charge is 0.456 e. The first-order valence-corrected chi connectivity index (χ1v) is 32.3. The molecule has 448 valence electrons. The number of aryl methyl sites for hydroxylation is 8. The minimum absolute atomic E-state index is 0.0119. The summed E-state index contributed by atoms with van der Waals surface area (Å²) in [6.07, 6.45) is 5.21. The maximum Gasteiger partial charge on any atom is 0.146 e. The molecular formula is C84H75N5O2. The quantitative estimate of drug-likeness (QED) is 0.129. The number of fused-ring (bicyclic) bond motifs is 11. The van der Waals surface area contributed by atoms with E-state index in [-0.39, 0.29) is 18.4 Å². The molecule has 5 heterocycles. The number of para-hydroxylation sites is 2. The van der Waals surface area contributed by atoms with Crippen molar-refractivity contribution in [2.24, 2.45) is 0 Å². The highest BCUT2D eigenvalue weighted by atomic mass is 16.3. The molecule has 2 aliphatic rings. The van der Waals surface area contributed by atoms with Crippen LogP contribution in [-0.4, -0.2) is 40.8 Å². The van der Waals surface area contributed by atoms with Gasteiger partial charge in [-0.2, -0.15) is 0 Å². The van der Waals surface area contributed by atoms with Crippen LogP contribution in [0.5, 0.6) is 0 Å². The van der Waals surface area contributed by atoms with Gasteiger partial charge in [-0.25, -0.2) is 0 Å². The van der Waals surface area contributed by atoms with Gasteiger partial charge >= 0.3 is 0 Å². The summed E-state index contributed by atoms with van der Waals surface area (Å²) >= 11 is 0. The molecule has 3 unspecified atom stereocenters. The summed E-state index contributed by atoms with van der Waals surface area (Å²) in [7, 11) is 4.63. The number of likely N-dealkylation sites (tertiary alicyclic amines) is 1. The molecule has 2 aliphatic heterocycles. The van der Waals surface area contributed by atoms with Crippen molar-refractivity contribution < 1.29 is 8.83 Å². The van der Waals surface area contributed by atoms with Crippen LogP contribution in [0.1, 0.15) is 80.9 Å². The molecule has 1 fully saturated rings. The Labute approximate surface area is 533 Å². The van der Waals surface area contributed by atoms with Gasteiger partial charge in [-0.1, -0.05) is 133 Å². The maximum atomic E-state index is 7.47. The second-order valence-corrected chi connectivity index (χ2v) is 26.4. The predicted molar refractivity (Wildman–Crippen MR) is 382 cm³/mol. The van der Waals surface area contributed by atoms with Crippen LogP contribution in [0.2, 0.25) is 0 Å². The van der Waals surface area contributed by atoms with Gasteiger partial charge in [0.05, 0.1) is 22.6 Å². The Morgan fingerprint density at radius 2 is 0.813 bits per heavy atom. The van der Waals surface area contributed by atoms with Gasteiger partial charge in [0.1, 0.15) is 28.5 Å². The van der Waals surface area contributed by atoms with Crippen LogP contribution in [0.25, 0.3) is 99.3 Å². The van der Waals surface area contributed by atoms with Gasteiger partial charge in [0.15, 0.2) is 0 Å². The van der Waals surface area contributed by atoms with E-state index in [9.17, 15) is 0 Å². The summed E-state index contributed by atoms with van der Waals surface area (Å²) in [5, 5.41) is 6.61. The molecule has 7 nitrogen and oxygen atoms in total. The topological polar surface area (TPSA) is 44.2 Å². The van der Waals surface area contributed by atoms with Crippen LogP contribution in [0.4, 0.5) is 22.7 Å². The number of benzene rings is 11. The molecule has 0 aliphatic carbocycles. The summed E-state index contributed by atoms with van der Waals surface area (Å²) in [6.45, 7) is 17.7. The lowest BCUT2D eigenvalue weighted by Gasteiger charge is -2.38. The van der Waals surface area contributed by atoms with Gasteiger partial charge in [0, 0.05) is 91.7 Å². The van der Waals surface area contributed by atoms with Crippen molar-refractivity contribution in [3.63, 3.8) is 0 Å². The van der Waals surface area contributed by atoms with Crippen molar-refractivity contribution in [2.45, 2.75) is 93.0 Å². The Bertz CT molecular complexity index is 5070. The van der Waals surface area contributed by atoms with Crippen molar-refractivity contribution >= 4 is 94.1 Å². The lowest BCUT2D eigenvalue weighted by atomic mass is 9.95.